The maximum Gasteiger partial charge on any atom is 0.416 e. The zero-order valence-electron chi connectivity index (χ0n) is 16.1. The average Bonchev–Trinajstić information content (AvgIpc) is 2.76. The van der Waals surface area contributed by atoms with E-state index in [-0.39, 0.29) is 35.5 Å². The molecule has 0 saturated carbocycles. The number of benzene rings is 1. The molecule has 1 aliphatic heterocycles. The van der Waals surface area contributed by atoms with Gasteiger partial charge in [-0.25, -0.2) is 19.7 Å². The fraction of sp³-hybridized carbons (Fsp3) is 0.150. The number of hydrogen-bond acceptors (Lipinski definition) is 5. The molecule has 0 saturated heterocycles. The molecular formula is C20H15F3N6O2. The summed E-state index contributed by atoms with van der Waals surface area (Å²) < 4.78 is 39.3. The van der Waals surface area contributed by atoms with E-state index in [0.29, 0.717) is 5.69 Å². The van der Waals surface area contributed by atoms with Gasteiger partial charge in [0, 0.05) is 25.0 Å². The predicted octanol–water partition coefficient (Wildman–Crippen LogP) is 3.57. The Morgan fingerprint density at radius 1 is 1.10 bits per heavy atom. The van der Waals surface area contributed by atoms with Gasteiger partial charge in [-0.3, -0.25) is 15.0 Å². The quantitative estimate of drug-likeness (QED) is 0.674. The number of anilines is 3. The van der Waals surface area contributed by atoms with E-state index < -0.39 is 17.8 Å². The van der Waals surface area contributed by atoms with Crippen LogP contribution in [0, 0.1) is 0 Å². The smallest absolute Gasteiger partial charge is 0.311 e. The number of likely N-dealkylation sites (N-methyl/N-ethyl adjacent to an activating group) is 1. The van der Waals surface area contributed by atoms with Crippen molar-refractivity contribution in [2.75, 3.05) is 28.7 Å². The molecule has 1 aromatic carbocycles. The van der Waals surface area contributed by atoms with Crippen molar-refractivity contribution in [1.29, 1.82) is 0 Å². The SMILES string of the molecule is CN1C(=O)CN(C(=O)Nc2ncccn2)c2nc(-c3cccc(C(F)(F)F)c3)ccc21. The van der Waals surface area contributed by atoms with Gasteiger partial charge < -0.3 is 4.90 Å². The third-order valence-electron chi connectivity index (χ3n) is 4.65. The summed E-state index contributed by atoms with van der Waals surface area (Å²) in [5.41, 5.74) is -0.0194. The Kier molecular flexibility index (Phi) is 5.01. The van der Waals surface area contributed by atoms with Crippen LogP contribution in [0.1, 0.15) is 5.56 Å². The third-order valence-corrected chi connectivity index (χ3v) is 4.65. The number of amides is 3. The summed E-state index contributed by atoms with van der Waals surface area (Å²) in [7, 11) is 1.53. The summed E-state index contributed by atoms with van der Waals surface area (Å²) in [6.07, 6.45) is -1.62. The minimum atomic E-state index is -4.50. The van der Waals surface area contributed by atoms with Crippen molar-refractivity contribution < 1.29 is 22.8 Å². The number of nitrogens with zero attached hydrogens (tertiary/aromatic N) is 5. The molecule has 3 amide bonds. The summed E-state index contributed by atoms with van der Waals surface area (Å²) in [6, 6.07) is 8.64. The molecule has 0 radical (unpaired) electrons. The fourth-order valence-electron chi connectivity index (χ4n) is 3.06. The second-order valence-corrected chi connectivity index (χ2v) is 6.66. The van der Waals surface area contributed by atoms with Gasteiger partial charge in [0.1, 0.15) is 6.54 Å². The van der Waals surface area contributed by atoms with E-state index >= 15 is 0 Å². The molecule has 2 aromatic heterocycles. The third kappa shape index (κ3) is 4.02. The number of rotatable bonds is 2. The van der Waals surface area contributed by atoms with Gasteiger partial charge in [0.25, 0.3) is 0 Å². The van der Waals surface area contributed by atoms with E-state index in [1.165, 1.54) is 48.6 Å². The minimum Gasteiger partial charge on any atom is -0.311 e. The first kappa shape index (κ1) is 20.3. The van der Waals surface area contributed by atoms with Gasteiger partial charge in [0.05, 0.1) is 16.9 Å². The lowest BCUT2D eigenvalue weighted by Gasteiger charge is -2.33. The predicted molar refractivity (Wildman–Crippen MR) is 106 cm³/mol. The van der Waals surface area contributed by atoms with Crippen LogP contribution < -0.4 is 15.1 Å². The summed E-state index contributed by atoms with van der Waals surface area (Å²) in [4.78, 5) is 39.8. The second kappa shape index (κ2) is 7.67. The normalized spacial score (nSPS) is 13.7. The lowest BCUT2D eigenvalue weighted by Crippen LogP contribution is -2.48. The van der Waals surface area contributed by atoms with Gasteiger partial charge in [0.15, 0.2) is 5.82 Å². The number of pyridine rings is 1. The fourth-order valence-corrected chi connectivity index (χ4v) is 3.06. The maximum atomic E-state index is 13.1. The van der Waals surface area contributed by atoms with Crippen LogP contribution in [0.2, 0.25) is 0 Å². The van der Waals surface area contributed by atoms with Crippen LogP contribution in [-0.4, -0.2) is 40.5 Å². The van der Waals surface area contributed by atoms with Crippen molar-refractivity contribution in [3.05, 3.63) is 60.4 Å². The summed E-state index contributed by atoms with van der Waals surface area (Å²) in [5, 5.41) is 2.48. The van der Waals surface area contributed by atoms with Crippen molar-refractivity contribution in [2.24, 2.45) is 0 Å². The molecule has 4 rings (SSSR count). The summed E-state index contributed by atoms with van der Waals surface area (Å²) in [6.45, 7) is -0.304. The van der Waals surface area contributed by atoms with Crippen LogP contribution in [0.25, 0.3) is 11.3 Å². The number of urea groups is 1. The molecule has 1 N–H and O–H groups in total. The van der Waals surface area contributed by atoms with E-state index in [0.717, 1.165) is 17.0 Å². The van der Waals surface area contributed by atoms with E-state index in [9.17, 15) is 22.8 Å². The molecular weight excluding hydrogens is 413 g/mol. The van der Waals surface area contributed by atoms with Gasteiger partial charge in [-0.15, -0.1) is 0 Å². The molecule has 0 atom stereocenters. The number of carbonyl (C=O) groups is 2. The number of halogens is 3. The lowest BCUT2D eigenvalue weighted by atomic mass is 10.1. The van der Waals surface area contributed by atoms with Crippen LogP contribution in [0.3, 0.4) is 0 Å². The standard InChI is InChI=1S/C20H15F3N6O2/c1-28-15-7-6-14(12-4-2-5-13(10-12)20(21,22)23)26-17(15)29(11-16(28)30)19(31)27-18-24-8-3-9-25-18/h2-10H,11H2,1H3,(H,24,25,27,31). The van der Waals surface area contributed by atoms with Gasteiger partial charge >= 0.3 is 12.2 Å². The van der Waals surface area contributed by atoms with Gasteiger partial charge in [-0.05, 0) is 30.3 Å². The molecule has 0 bridgehead atoms. The van der Waals surface area contributed by atoms with Crippen molar-refractivity contribution in [3.63, 3.8) is 0 Å². The molecule has 1 aliphatic rings. The maximum absolute atomic E-state index is 13.1. The summed E-state index contributed by atoms with van der Waals surface area (Å²) in [5.74, 6) is -0.190. The Balaban J connectivity index is 1.74. The minimum absolute atomic E-state index is 0.0365. The molecule has 3 heterocycles. The Morgan fingerprint density at radius 2 is 1.84 bits per heavy atom. The highest BCUT2D eigenvalue weighted by molar-refractivity contribution is 6.12. The largest absolute Gasteiger partial charge is 0.416 e. The first-order chi connectivity index (χ1) is 14.7. The Hall–Kier alpha value is -4.02. The molecule has 3 aromatic rings. The molecule has 158 valence electrons. The van der Waals surface area contributed by atoms with Crippen LogP contribution >= 0.6 is 0 Å². The number of nitrogens with one attached hydrogen (secondary N) is 1. The van der Waals surface area contributed by atoms with Crippen molar-refractivity contribution in [1.82, 2.24) is 15.0 Å². The molecule has 11 heteroatoms. The molecule has 0 aliphatic carbocycles. The van der Waals surface area contributed by atoms with Crippen LogP contribution in [-0.2, 0) is 11.0 Å². The Morgan fingerprint density at radius 3 is 2.55 bits per heavy atom. The average molecular weight is 428 g/mol. The number of alkyl halides is 3. The Bertz CT molecular complexity index is 1150. The molecule has 0 spiro atoms. The molecule has 8 nitrogen and oxygen atoms in total. The van der Waals surface area contributed by atoms with E-state index in [1.54, 1.807) is 6.07 Å². The second-order valence-electron chi connectivity index (χ2n) is 6.66. The van der Waals surface area contributed by atoms with Crippen molar-refractivity contribution in [2.45, 2.75) is 6.18 Å². The van der Waals surface area contributed by atoms with Gasteiger partial charge in [0.2, 0.25) is 11.9 Å². The Labute approximate surface area is 174 Å². The number of hydrogen-bond donors (Lipinski definition) is 1. The zero-order chi connectivity index (χ0) is 22.2. The van der Waals surface area contributed by atoms with Crippen molar-refractivity contribution in [3.8, 4) is 11.3 Å². The molecule has 0 fully saturated rings. The van der Waals surface area contributed by atoms with E-state index in [2.05, 4.69) is 20.3 Å². The number of fused-ring (bicyclic) bond motifs is 1. The van der Waals surface area contributed by atoms with E-state index in [1.807, 2.05) is 0 Å². The molecule has 0 unspecified atom stereocenters. The van der Waals surface area contributed by atoms with Gasteiger partial charge in [-0.1, -0.05) is 12.1 Å². The summed E-state index contributed by atoms with van der Waals surface area (Å²) >= 11 is 0. The topological polar surface area (TPSA) is 91.3 Å². The van der Waals surface area contributed by atoms with E-state index in [4.69, 9.17) is 0 Å². The highest BCUT2D eigenvalue weighted by atomic mass is 19.4. The number of aromatic nitrogens is 3. The first-order valence-electron chi connectivity index (χ1n) is 9.05. The highest BCUT2D eigenvalue weighted by Crippen LogP contribution is 2.36. The monoisotopic (exact) mass is 428 g/mol. The van der Waals surface area contributed by atoms with Crippen molar-refractivity contribution >= 4 is 29.4 Å². The zero-order valence-corrected chi connectivity index (χ0v) is 16.1. The first-order valence-corrected chi connectivity index (χ1v) is 9.05. The van der Waals surface area contributed by atoms with Crippen LogP contribution in [0.15, 0.2) is 54.9 Å². The van der Waals surface area contributed by atoms with Crippen LogP contribution in [0.4, 0.5) is 35.4 Å². The van der Waals surface area contributed by atoms with Crippen LogP contribution in [0.5, 0.6) is 0 Å². The van der Waals surface area contributed by atoms with Gasteiger partial charge in [-0.2, -0.15) is 13.2 Å². The number of carbonyl (C=O) groups excluding carboxylic acids is 2. The lowest BCUT2D eigenvalue weighted by molar-refractivity contribution is -0.137. The highest BCUT2D eigenvalue weighted by Gasteiger charge is 2.33. The molecule has 31 heavy (non-hydrogen) atoms.